The maximum Gasteiger partial charge on any atom is 0.323 e. The van der Waals surface area contributed by atoms with Crippen molar-refractivity contribution < 1.29 is 23.1 Å². The Morgan fingerprint density at radius 3 is 2.55 bits per heavy atom. The molecule has 1 aliphatic heterocycles. The van der Waals surface area contributed by atoms with Gasteiger partial charge in [0, 0.05) is 38.0 Å². The van der Waals surface area contributed by atoms with Crippen LogP contribution in [0.2, 0.25) is 0 Å². The largest absolute Gasteiger partial charge is 0.457 e. The van der Waals surface area contributed by atoms with Gasteiger partial charge >= 0.3 is 6.03 Å². The second kappa shape index (κ2) is 13.3. The third-order valence-electron chi connectivity index (χ3n) is 6.12. The number of ether oxygens (including phenoxy) is 1. The molecule has 9 nitrogen and oxygen atoms in total. The van der Waals surface area contributed by atoms with Crippen molar-refractivity contribution in [2.75, 3.05) is 44.4 Å². The molecule has 1 atom stereocenters. The molecule has 0 spiro atoms. The van der Waals surface area contributed by atoms with Gasteiger partial charge in [0.25, 0.3) is 0 Å². The summed E-state index contributed by atoms with van der Waals surface area (Å²) in [6, 6.07) is 12.6. The van der Waals surface area contributed by atoms with Gasteiger partial charge in [-0.15, -0.1) is 0 Å². The van der Waals surface area contributed by atoms with Gasteiger partial charge in [0.1, 0.15) is 29.0 Å². The second-order valence-corrected chi connectivity index (χ2v) is 10.1. The number of benzene rings is 2. The molecular weight excluding hydrogens is 538 g/mol. The van der Waals surface area contributed by atoms with E-state index in [0.29, 0.717) is 36.1 Å². The smallest absolute Gasteiger partial charge is 0.323 e. The lowest BCUT2D eigenvalue weighted by molar-refractivity contribution is -0.119. The third kappa shape index (κ3) is 8.42. The number of nitrogens with zero attached hydrogens (tertiary/aromatic N) is 3. The number of aromatic nitrogens is 1. The summed E-state index contributed by atoms with van der Waals surface area (Å²) in [6.45, 7) is 2.29. The van der Waals surface area contributed by atoms with Crippen molar-refractivity contribution >= 4 is 40.8 Å². The highest BCUT2D eigenvalue weighted by molar-refractivity contribution is 7.80. The molecule has 0 bridgehead atoms. The average Bonchev–Trinajstić information content (AvgIpc) is 3.35. The van der Waals surface area contributed by atoms with Crippen molar-refractivity contribution in [1.29, 1.82) is 0 Å². The van der Waals surface area contributed by atoms with Crippen LogP contribution in [-0.2, 0) is 11.2 Å². The third-order valence-corrected chi connectivity index (χ3v) is 6.32. The summed E-state index contributed by atoms with van der Waals surface area (Å²) in [5.41, 5.74) is 0.651. The molecule has 0 aliphatic carbocycles. The summed E-state index contributed by atoms with van der Waals surface area (Å²) >= 11 is 5.11. The van der Waals surface area contributed by atoms with Gasteiger partial charge in [-0.1, -0.05) is 12.1 Å². The molecule has 4 rings (SSSR count). The number of hydrogen-bond acceptors (Lipinski definition) is 6. The molecular formula is C28H30F2N6O3S. The van der Waals surface area contributed by atoms with Gasteiger partial charge < -0.3 is 25.2 Å². The Kier molecular flexibility index (Phi) is 9.56. The van der Waals surface area contributed by atoms with Crippen molar-refractivity contribution in [3.8, 4) is 11.5 Å². The molecule has 1 aliphatic rings. The predicted octanol–water partition coefficient (Wildman–Crippen LogP) is 4.62. The number of carbonyl (C=O) groups excluding carboxylic acids is 2. The van der Waals surface area contributed by atoms with Gasteiger partial charge in [-0.3, -0.25) is 10.1 Å². The highest BCUT2D eigenvalue weighted by atomic mass is 32.1. The first-order chi connectivity index (χ1) is 19.1. The molecule has 3 amide bonds. The Labute approximate surface area is 236 Å². The first-order valence-corrected chi connectivity index (χ1v) is 13.0. The average molecular weight is 569 g/mol. The molecule has 3 aromatic rings. The zero-order chi connectivity index (χ0) is 28.6. The highest BCUT2D eigenvalue weighted by Crippen LogP contribution is 2.27. The summed E-state index contributed by atoms with van der Waals surface area (Å²) in [5, 5.41) is 7.82. The van der Waals surface area contributed by atoms with E-state index < -0.39 is 17.5 Å². The van der Waals surface area contributed by atoms with E-state index in [1.807, 2.05) is 14.1 Å². The Morgan fingerprint density at radius 1 is 1.07 bits per heavy atom. The molecule has 0 saturated carbocycles. The lowest BCUT2D eigenvalue weighted by Crippen LogP contribution is -2.35. The van der Waals surface area contributed by atoms with E-state index in [9.17, 15) is 18.4 Å². The SMILES string of the molecule is CN(C)C[C@@H]1CCN(C(=O)Nc2cc(Oc3ccc(NC(=S)NC(=O)Cc4ccc(F)cc4)c(F)c3)ccn2)C1. The summed E-state index contributed by atoms with van der Waals surface area (Å²) in [4.78, 5) is 32.9. The summed E-state index contributed by atoms with van der Waals surface area (Å²) < 4.78 is 33.5. The first kappa shape index (κ1) is 28.8. The number of halogens is 2. The van der Waals surface area contributed by atoms with Crippen LogP contribution in [0.5, 0.6) is 11.5 Å². The maximum absolute atomic E-state index is 14.7. The molecule has 3 N–H and O–H groups in total. The summed E-state index contributed by atoms with van der Waals surface area (Å²) in [5.74, 6) is -0.155. The van der Waals surface area contributed by atoms with E-state index in [4.69, 9.17) is 17.0 Å². The normalized spacial score (nSPS) is 14.6. The highest BCUT2D eigenvalue weighted by Gasteiger charge is 2.26. The van der Waals surface area contributed by atoms with Gasteiger partial charge in [-0.2, -0.15) is 0 Å². The second-order valence-electron chi connectivity index (χ2n) is 9.72. The molecule has 1 saturated heterocycles. The van der Waals surface area contributed by atoms with Gasteiger partial charge in [-0.25, -0.2) is 18.6 Å². The molecule has 2 aromatic carbocycles. The first-order valence-electron chi connectivity index (χ1n) is 12.6. The quantitative estimate of drug-likeness (QED) is 0.341. The van der Waals surface area contributed by atoms with Crippen LogP contribution in [0.1, 0.15) is 12.0 Å². The minimum Gasteiger partial charge on any atom is -0.457 e. The Balaban J connectivity index is 1.29. The van der Waals surface area contributed by atoms with Crippen LogP contribution in [0.25, 0.3) is 0 Å². The number of hydrogen-bond donors (Lipinski definition) is 3. The molecule has 1 fully saturated rings. The lowest BCUT2D eigenvalue weighted by atomic mass is 10.1. The number of thiocarbonyl (C=S) groups is 1. The van der Waals surface area contributed by atoms with Gasteiger partial charge in [0.05, 0.1) is 12.1 Å². The fraction of sp³-hybridized carbons (Fsp3) is 0.286. The molecule has 1 aromatic heterocycles. The minimum atomic E-state index is -0.656. The van der Waals surface area contributed by atoms with E-state index >= 15 is 0 Å². The topological polar surface area (TPSA) is 98.8 Å². The number of likely N-dealkylation sites (tertiary alicyclic amines) is 1. The van der Waals surface area contributed by atoms with E-state index in [1.165, 1.54) is 48.7 Å². The van der Waals surface area contributed by atoms with Crippen LogP contribution in [-0.4, -0.2) is 65.6 Å². The zero-order valence-corrected chi connectivity index (χ0v) is 22.9. The number of anilines is 2. The molecule has 40 heavy (non-hydrogen) atoms. The van der Waals surface area contributed by atoms with Crippen molar-refractivity contribution in [2.45, 2.75) is 12.8 Å². The molecule has 12 heteroatoms. The number of nitrogens with one attached hydrogen (secondary N) is 3. The number of amides is 3. The fourth-order valence-electron chi connectivity index (χ4n) is 4.32. The number of urea groups is 1. The van der Waals surface area contributed by atoms with E-state index in [-0.39, 0.29) is 29.0 Å². The Morgan fingerprint density at radius 2 is 1.82 bits per heavy atom. The number of pyridine rings is 1. The minimum absolute atomic E-state index is 0.0132. The van der Waals surface area contributed by atoms with Gasteiger partial charge in [0.2, 0.25) is 5.91 Å². The van der Waals surface area contributed by atoms with E-state index in [0.717, 1.165) is 13.0 Å². The zero-order valence-electron chi connectivity index (χ0n) is 22.1. The van der Waals surface area contributed by atoms with Crippen LogP contribution in [0.3, 0.4) is 0 Å². The number of carbonyl (C=O) groups is 2. The van der Waals surface area contributed by atoms with Crippen LogP contribution in [0.15, 0.2) is 60.8 Å². The molecule has 0 radical (unpaired) electrons. The standard InChI is InChI=1S/C28H30F2N6O3S/c1-35(2)16-19-10-12-36(17-19)28(38)33-25-15-22(9-11-31-25)39-21-7-8-24(23(30)14-21)32-27(40)34-26(37)13-18-3-5-20(29)6-4-18/h3-9,11,14-15,19H,10,12-13,16-17H2,1-2H3,(H,31,33,38)(H2,32,34,37,40)/t19-/m0/s1. The monoisotopic (exact) mass is 568 g/mol. The van der Waals surface area contributed by atoms with Gasteiger partial charge in [0.15, 0.2) is 5.11 Å². The summed E-state index contributed by atoms with van der Waals surface area (Å²) in [7, 11) is 4.03. The molecule has 210 valence electrons. The number of rotatable bonds is 8. The van der Waals surface area contributed by atoms with Crippen LogP contribution < -0.4 is 20.7 Å². The van der Waals surface area contributed by atoms with Crippen LogP contribution >= 0.6 is 12.2 Å². The lowest BCUT2D eigenvalue weighted by Gasteiger charge is -2.19. The fourth-order valence-corrected chi connectivity index (χ4v) is 4.55. The van der Waals surface area contributed by atoms with Crippen molar-refractivity contribution in [2.24, 2.45) is 5.92 Å². The molecule has 0 unspecified atom stereocenters. The maximum atomic E-state index is 14.7. The van der Waals surface area contributed by atoms with Crippen molar-refractivity contribution in [1.82, 2.24) is 20.1 Å². The predicted molar refractivity (Wildman–Crippen MR) is 152 cm³/mol. The van der Waals surface area contributed by atoms with E-state index in [1.54, 1.807) is 17.0 Å². The molecule has 2 heterocycles. The Bertz CT molecular complexity index is 1370. The van der Waals surface area contributed by atoms with E-state index in [2.05, 4.69) is 25.8 Å². The Hall–Kier alpha value is -4.16. The van der Waals surface area contributed by atoms with Crippen molar-refractivity contribution in [3.05, 3.63) is 78.0 Å². The van der Waals surface area contributed by atoms with Crippen LogP contribution in [0, 0.1) is 17.6 Å². The van der Waals surface area contributed by atoms with Crippen LogP contribution in [0.4, 0.5) is 25.1 Å². The van der Waals surface area contributed by atoms with Crippen molar-refractivity contribution in [3.63, 3.8) is 0 Å². The summed E-state index contributed by atoms with van der Waals surface area (Å²) in [6.07, 6.45) is 2.43. The van der Waals surface area contributed by atoms with Gasteiger partial charge in [-0.05, 0) is 74.5 Å².